The Bertz CT molecular complexity index is 351. The van der Waals surface area contributed by atoms with E-state index in [1.165, 1.54) is 0 Å². The van der Waals surface area contributed by atoms with E-state index in [1.807, 2.05) is 30.3 Å². The largest absolute Gasteiger partial charge is 0.316 e. The highest BCUT2D eigenvalue weighted by atomic mass is 19.1. The summed E-state index contributed by atoms with van der Waals surface area (Å²) in [5.41, 5.74) is 0.195. The van der Waals surface area contributed by atoms with E-state index in [-0.39, 0.29) is 5.92 Å². The molecule has 2 fully saturated rings. The van der Waals surface area contributed by atoms with Crippen molar-refractivity contribution in [3.05, 3.63) is 35.9 Å². The molecule has 1 heterocycles. The Labute approximate surface area is 89.7 Å². The molecule has 2 aliphatic rings. The van der Waals surface area contributed by atoms with Crippen LogP contribution in [-0.4, -0.2) is 18.8 Å². The van der Waals surface area contributed by atoms with E-state index in [0.29, 0.717) is 12.3 Å². The summed E-state index contributed by atoms with van der Waals surface area (Å²) in [7, 11) is 0. The number of hydrogen-bond donors (Lipinski definition) is 1. The van der Waals surface area contributed by atoms with Crippen molar-refractivity contribution in [2.45, 2.75) is 18.5 Å². The second kappa shape index (κ2) is 3.31. The monoisotopic (exact) mass is 205 g/mol. The molecule has 1 N–H and O–H groups in total. The molecule has 1 nitrogen and oxygen atoms in total. The summed E-state index contributed by atoms with van der Waals surface area (Å²) in [4.78, 5) is 0. The lowest BCUT2D eigenvalue weighted by atomic mass is 9.62. The molecule has 0 radical (unpaired) electrons. The van der Waals surface area contributed by atoms with Crippen LogP contribution in [-0.2, 0) is 6.42 Å². The van der Waals surface area contributed by atoms with Crippen molar-refractivity contribution in [2.24, 2.45) is 11.8 Å². The van der Waals surface area contributed by atoms with E-state index >= 15 is 0 Å². The molecule has 1 aliphatic carbocycles. The smallest absolute Gasteiger partial charge is 0.119 e. The molecule has 80 valence electrons. The Balaban J connectivity index is 1.73. The molecule has 0 spiro atoms. The van der Waals surface area contributed by atoms with E-state index in [2.05, 4.69) is 5.32 Å². The van der Waals surface area contributed by atoms with Gasteiger partial charge in [-0.05, 0) is 24.4 Å². The lowest BCUT2D eigenvalue weighted by Crippen LogP contribution is -2.51. The van der Waals surface area contributed by atoms with Gasteiger partial charge in [-0.2, -0.15) is 0 Å². The van der Waals surface area contributed by atoms with Gasteiger partial charge in [0.2, 0.25) is 0 Å². The van der Waals surface area contributed by atoms with Gasteiger partial charge >= 0.3 is 0 Å². The fourth-order valence-corrected chi connectivity index (χ4v) is 3.12. The van der Waals surface area contributed by atoms with Crippen LogP contribution in [0.4, 0.5) is 4.39 Å². The van der Waals surface area contributed by atoms with Gasteiger partial charge < -0.3 is 5.32 Å². The van der Waals surface area contributed by atoms with Crippen LogP contribution in [0.3, 0.4) is 0 Å². The van der Waals surface area contributed by atoms with E-state index in [4.69, 9.17) is 0 Å². The first-order valence-corrected chi connectivity index (χ1v) is 5.71. The van der Waals surface area contributed by atoms with Gasteiger partial charge in [0.1, 0.15) is 5.67 Å². The molecule has 1 saturated carbocycles. The van der Waals surface area contributed by atoms with Crippen LogP contribution in [0.5, 0.6) is 0 Å². The quantitative estimate of drug-likeness (QED) is 0.780. The Morgan fingerprint density at radius 3 is 2.80 bits per heavy atom. The highest BCUT2D eigenvalue weighted by Crippen LogP contribution is 2.50. The normalized spacial score (nSPS) is 38.5. The highest BCUT2D eigenvalue weighted by molar-refractivity contribution is 5.21. The second-order valence-corrected chi connectivity index (χ2v) is 4.93. The van der Waals surface area contributed by atoms with Crippen LogP contribution >= 0.6 is 0 Å². The number of benzene rings is 1. The molecule has 0 amide bonds. The molecule has 3 rings (SSSR count). The molecule has 2 heteroatoms. The Morgan fingerprint density at radius 2 is 2.07 bits per heavy atom. The molecule has 0 unspecified atom stereocenters. The van der Waals surface area contributed by atoms with Crippen LogP contribution in [0.2, 0.25) is 0 Å². The summed E-state index contributed by atoms with van der Waals surface area (Å²) < 4.78 is 14.5. The van der Waals surface area contributed by atoms with Crippen molar-refractivity contribution >= 4 is 0 Å². The van der Waals surface area contributed by atoms with Gasteiger partial charge in [-0.25, -0.2) is 4.39 Å². The first-order chi connectivity index (χ1) is 7.28. The number of rotatable bonds is 2. The predicted octanol–water partition coefficient (Wildman–Crippen LogP) is 2.18. The average molecular weight is 205 g/mol. The predicted molar refractivity (Wildman–Crippen MR) is 58.5 cm³/mol. The van der Waals surface area contributed by atoms with Gasteiger partial charge in [-0.15, -0.1) is 0 Å². The molecule has 0 bridgehead atoms. The maximum absolute atomic E-state index is 14.5. The molecule has 1 aromatic carbocycles. The van der Waals surface area contributed by atoms with Crippen molar-refractivity contribution in [1.82, 2.24) is 5.32 Å². The van der Waals surface area contributed by atoms with Gasteiger partial charge in [0, 0.05) is 18.9 Å². The van der Waals surface area contributed by atoms with Crippen LogP contribution in [0.25, 0.3) is 0 Å². The van der Waals surface area contributed by atoms with Crippen LogP contribution in [0, 0.1) is 11.8 Å². The van der Waals surface area contributed by atoms with Crippen LogP contribution < -0.4 is 5.32 Å². The fourth-order valence-electron chi connectivity index (χ4n) is 3.12. The van der Waals surface area contributed by atoms with E-state index < -0.39 is 5.67 Å². The SMILES string of the molecule is F[C@]1(Cc2ccccc2)C[C@@H]2CNC[C@@H]21. The maximum Gasteiger partial charge on any atom is 0.119 e. The summed E-state index contributed by atoms with van der Waals surface area (Å²) in [5.74, 6) is 0.858. The standard InChI is InChI=1S/C13H16FN/c14-13(6-10-4-2-1-3-5-10)7-11-8-15-9-12(11)13/h1-5,11-12,15H,6-9H2/t11-,12+,13-/m1/s1. The summed E-state index contributed by atoms with van der Waals surface area (Å²) >= 11 is 0. The molecule has 1 aromatic rings. The summed E-state index contributed by atoms with van der Waals surface area (Å²) in [6.45, 7) is 1.89. The second-order valence-electron chi connectivity index (χ2n) is 4.93. The molecule has 1 aliphatic heterocycles. The highest BCUT2D eigenvalue weighted by Gasteiger charge is 2.56. The average Bonchev–Trinajstić information content (AvgIpc) is 2.62. The lowest BCUT2D eigenvalue weighted by Gasteiger charge is -2.46. The number of fused-ring (bicyclic) bond motifs is 1. The summed E-state index contributed by atoms with van der Waals surface area (Å²) in [6, 6.07) is 10.0. The number of nitrogens with one attached hydrogen (secondary N) is 1. The van der Waals surface area contributed by atoms with Gasteiger partial charge in [0.05, 0.1) is 0 Å². The van der Waals surface area contributed by atoms with Crippen LogP contribution in [0.15, 0.2) is 30.3 Å². The van der Waals surface area contributed by atoms with E-state index in [0.717, 1.165) is 25.1 Å². The Hall–Kier alpha value is -0.890. The zero-order valence-electron chi connectivity index (χ0n) is 8.75. The third kappa shape index (κ3) is 1.48. The first-order valence-electron chi connectivity index (χ1n) is 5.71. The number of alkyl halides is 1. The molecule has 0 aromatic heterocycles. The first kappa shape index (κ1) is 9.34. The third-order valence-corrected chi connectivity index (χ3v) is 3.95. The third-order valence-electron chi connectivity index (χ3n) is 3.95. The van der Waals surface area contributed by atoms with Crippen LogP contribution in [0.1, 0.15) is 12.0 Å². The van der Waals surface area contributed by atoms with E-state index in [9.17, 15) is 4.39 Å². The zero-order valence-corrected chi connectivity index (χ0v) is 8.75. The minimum atomic E-state index is -0.935. The van der Waals surface area contributed by atoms with Crippen molar-refractivity contribution in [3.8, 4) is 0 Å². The van der Waals surface area contributed by atoms with E-state index in [1.54, 1.807) is 0 Å². The van der Waals surface area contributed by atoms with Gasteiger partial charge in [-0.3, -0.25) is 0 Å². The summed E-state index contributed by atoms with van der Waals surface area (Å²) in [5, 5.41) is 3.29. The zero-order chi connectivity index (χ0) is 10.3. The Morgan fingerprint density at radius 1 is 1.27 bits per heavy atom. The minimum Gasteiger partial charge on any atom is -0.316 e. The van der Waals surface area contributed by atoms with Crippen molar-refractivity contribution in [1.29, 1.82) is 0 Å². The maximum atomic E-state index is 14.5. The Kier molecular flexibility index (Phi) is 2.06. The van der Waals surface area contributed by atoms with Crippen molar-refractivity contribution in [2.75, 3.05) is 13.1 Å². The molecule has 15 heavy (non-hydrogen) atoms. The van der Waals surface area contributed by atoms with Crippen molar-refractivity contribution < 1.29 is 4.39 Å². The lowest BCUT2D eigenvalue weighted by molar-refractivity contribution is -0.0440. The number of halogens is 1. The molecular weight excluding hydrogens is 189 g/mol. The molecular formula is C13H16FN. The molecule has 1 saturated heterocycles. The van der Waals surface area contributed by atoms with Gasteiger partial charge in [0.15, 0.2) is 0 Å². The molecule has 3 atom stereocenters. The topological polar surface area (TPSA) is 12.0 Å². The van der Waals surface area contributed by atoms with Gasteiger partial charge in [-0.1, -0.05) is 30.3 Å². The van der Waals surface area contributed by atoms with Gasteiger partial charge in [0.25, 0.3) is 0 Å². The number of hydrogen-bond acceptors (Lipinski definition) is 1. The summed E-state index contributed by atoms with van der Waals surface area (Å²) in [6.07, 6.45) is 1.34. The van der Waals surface area contributed by atoms with Crippen molar-refractivity contribution in [3.63, 3.8) is 0 Å². The fraction of sp³-hybridized carbons (Fsp3) is 0.538. The minimum absolute atomic E-state index is 0.262.